The highest BCUT2D eigenvalue weighted by Crippen LogP contribution is 2.44. The summed E-state index contributed by atoms with van der Waals surface area (Å²) in [7, 11) is 0. The molecule has 0 saturated carbocycles. The molecule has 1 aromatic heterocycles. The van der Waals surface area contributed by atoms with E-state index in [9.17, 15) is 9.59 Å². The summed E-state index contributed by atoms with van der Waals surface area (Å²) in [5, 5.41) is 6.70. The highest BCUT2D eigenvalue weighted by Gasteiger charge is 2.34. The SMILES string of the molecule is Cc1ccc(NC(=O)c2c(NC(=O)c3ccc(Br)cc3)sc3c2CCC(C(C)(C)C)C3)cc1. The van der Waals surface area contributed by atoms with Gasteiger partial charge in [0.05, 0.1) is 5.56 Å². The standard InChI is InChI=1S/C27H29BrN2O2S/c1-16-5-12-20(13-6-16)29-25(32)23-21-14-9-18(27(2,3)4)15-22(21)33-26(23)30-24(31)17-7-10-19(28)11-8-17/h5-8,10-13,18H,9,14-15H2,1-4H3,(H,29,32)(H,30,31). The van der Waals surface area contributed by atoms with Crippen molar-refractivity contribution in [2.24, 2.45) is 11.3 Å². The van der Waals surface area contributed by atoms with Gasteiger partial charge in [0.15, 0.2) is 0 Å². The van der Waals surface area contributed by atoms with Crippen LogP contribution >= 0.6 is 27.3 Å². The summed E-state index contributed by atoms with van der Waals surface area (Å²) in [6.45, 7) is 8.84. The van der Waals surface area contributed by atoms with Gasteiger partial charge in [-0.25, -0.2) is 0 Å². The number of hydrogen-bond donors (Lipinski definition) is 2. The van der Waals surface area contributed by atoms with Crippen LogP contribution in [0.25, 0.3) is 0 Å². The molecule has 4 rings (SSSR count). The molecule has 1 aliphatic carbocycles. The molecule has 2 N–H and O–H groups in total. The molecule has 1 aliphatic rings. The van der Waals surface area contributed by atoms with Crippen molar-refractivity contribution in [3.63, 3.8) is 0 Å². The zero-order chi connectivity index (χ0) is 23.8. The molecule has 1 atom stereocenters. The van der Waals surface area contributed by atoms with Crippen LogP contribution in [0, 0.1) is 18.3 Å². The number of thiophene rings is 1. The van der Waals surface area contributed by atoms with Crippen LogP contribution in [0.15, 0.2) is 53.0 Å². The van der Waals surface area contributed by atoms with Gasteiger partial charge in [-0.2, -0.15) is 0 Å². The van der Waals surface area contributed by atoms with E-state index in [1.165, 1.54) is 4.88 Å². The van der Waals surface area contributed by atoms with Crippen LogP contribution in [0.1, 0.15) is 63.9 Å². The summed E-state index contributed by atoms with van der Waals surface area (Å²) in [5.74, 6) is 0.168. The predicted molar refractivity (Wildman–Crippen MR) is 141 cm³/mol. The van der Waals surface area contributed by atoms with E-state index < -0.39 is 0 Å². The molecule has 2 aromatic carbocycles. The van der Waals surface area contributed by atoms with Gasteiger partial charge in [-0.05, 0) is 79.5 Å². The Kier molecular flexibility index (Phi) is 6.78. The van der Waals surface area contributed by atoms with E-state index in [-0.39, 0.29) is 17.2 Å². The van der Waals surface area contributed by atoms with Gasteiger partial charge in [0.25, 0.3) is 11.8 Å². The summed E-state index contributed by atoms with van der Waals surface area (Å²) in [4.78, 5) is 27.6. The van der Waals surface area contributed by atoms with Crippen molar-refractivity contribution >= 4 is 49.8 Å². The van der Waals surface area contributed by atoms with Gasteiger partial charge in [-0.1, -0.05) is 54.4 Å². The number of carbonyl (C=O) groups is 2. The number of hydrogen-bond acceptors (Lipinski definition) is 3. The Morgan fingerprint density at radius 2 is 1.64 bits per heavy atom. The smallest absolute Gasteiger partial charge is 0.258 e. The highest BCUT2D eigenvalue weighted by molar-refractivity contribution is 9.10. The van der Waals surface area contributed by atoms with Gasteiger partial charge in [-0.3, -0.25) is 9.59 Å². The van der Waals surface area contributed by atoms with Crippen molar-refractivity contribution in [2.45, 2.75) is 47.0 Å². The van der Waals surface area contributed by atoms with E-state index in [1.54, 1.807) is 23.5 Å². The molecule has 0 radical (unpaired) electrons. The minimum absolute atomic E-state index is 0.170. The fourth-order valence-corrected chi connectivity index (χ4v) is 5.84. The number of fused-ring (bicyclic) bond motifs is 1. The minimum Gasteiger partial charge on any atom is -0.322 e. The van der Waals surface area contributed by atoms with Gasteiger partial charge in [0.1, 0.15) is 5.00 Å². The maximum atomic E-state index is 13.4. The van der Waals surface area contributed by atoms with Crippen LogP contribution in [0.4, 0.5) is 10.7 Å². The van der Waals surface area contributed by atoms with Crippen LogP contribution in [-0.4, -0.2) is 11.8 Å². The molecule has 0 saturated heterocycles. The number of rotatable bonds is 4. The van der Waals surface area contributed by atoms with Crippen molar-refractivity contribution in [1.82, 2.24) is 0 Å². The number of halogens is 1. The third kappa shape index (κ3) is 5.39. The lowest BCUT2D eigenvalue weighted by Gasteiger charge is -2.33. The maximum absolute atomic E-state index is 13.4. The number of anilines is 2. The summed E-state index contributed by atoms with van der Waals surface area (Å²) in [6, 6.07) is 15.0. The molecular weight excluding hydrogens is 496 g/mol. The second-order valence-corrected chi connectivity index (χ2v) is 11.8. The van der Waals surface area contributed by atoms with E-state index in [0.717, 1.165) is 40.5 Å². The van der Waals surface area contributed by atoms with Gasteiger partial charge < -0.3 is 10.6 Å². The predicted octanol–water partition coefficient (Wildman–Crippen LogP) is 7.47. The fourth-order valence-electron chi connectivity index (χ4n) is 4.26. The van der Waals surface area contributed by atoms with Crippen LogP contribution in [0.2, 0.25) is 0 Å². The maximum Gasteiger partial charge on any atom is 0.258 e. The molecule has 1 unspecified atom stereocenters. The zero-order valence-corrected chi connectivity index (χ0v) is 21.8. The van der Waals surface area contributed by atoms with Crippen LogP contribution in [-0.2, 0) is 12.8 Å². The lowest BCUT2D eigenvalue weighted by Crippen LogP contribution is -2.27. The normalized spacial score (nSPS) is 15.6. The number of benzene rings is 2. The Morgan fingerprint density at radius 1 is 0.970 bits per heavy atom. The van der Waals surface area contributed by atoms with E-state index in [4.69, 9.17) is 0 Å². The average Bonchev–Trinajstić information content (AvgIpc) is 3.12. The zero-order valence-electron chi connectivity index (χ0n) is 19.4. The monoisotopic (exact) mass is 524 g/mol. The summed E-state index contributed by atoms with van der Waals surface area (Å²) >= 11 is 4.95. The molecule has 6 heteroatoms. The van der Waals surface area contributed by atoms with Crippen molar-refractivity contribution in [2.75, 3.05) is 10.6 Å². The van der Waals surface area contributed by atoms with E-state index >= 15 is 0 Å². The van der Waals surface area contributed by atoms with Crippen molar-refractivity contribution in [3.05, 3.63) is 80.1 Å². The fraction of sp³-hybridized carbons (Fsp3) is 0.333. The Labute approximate surface area is 207 Å². The van der Waals surface area contributed by atoms with Gasteiger partial charge >= 0.3 is 0 Å². The number of nitrogens with one attached hydrogen (secondary N) is 2. The molecule has 4 nitrogen and oxygen atoms in total. The summed E-state index contributed by atoms with van der Waals surface area (Å²) < 4.78 is 0.914. The van der Waals surface area contributed by atoms with Crippen LogP contribution < -0.4 is 10.6 Å². The van der Waals surface area contributed by atoms with Crippen molar-refractivity contribution < 1.29 is 9.59 Å². The molecule has 0 fully saturated rings. The van der Waals surface area contributed by atoms with Crippen molar-refractivity contribution in [1.29, 1.82) is 0 Å². The molecule has 0 aliphatic heterocycles. The largest absolute Gasteiger partial charge is 0.322 e. The summed E-state index contributed by atoms with van der Waals surface area (Å²) in [6.07, 6.45) is 2.82. The minimum atomic E-state index is -0.210. The van der Waals surface area contributed by atoms with Crippen molar-refractivity contribution in [3.8, 4) is 0 Å². The van der Waals surface area contributed by atoms with E-state index in [2.05, 4.69) is 47.3 Å². The Balaban J connectivity index is 1.67. The van der Waals surface area contributed by atoms with Crippen LogP contribution in [0.5, 0.6) is 0 Å². The Bertz CT molecular complexity index is 1170. The molecule has 0 spiro atoms. The quantitative estimate of drug-likeness (QED) is 0.371. The third-order valence-electron chi connectivity index (χ3n) is 6.36. The molecule has 3 aromatic rings. The third-order valence-corrected chi connectivity index (χ3v) is 8.06. The lowest BCUT2D eigenvalue weighted by atomic mass is 9.72. The first-order valence-corrected chi connectivity index (χ1v) is 12.8. The van der Waals surface area contributed by atoms with Gasteiger partial charge in [0, 0.05) is 20.6 Å². The second kappa shape index (κ2) is 9.43. The number of carbonyl (C=O) groups excluding carboxylic acids is 2. The second-order valence-electron chi connectivity index (χ2n) is 9.79. The Morgan fingerprint density at radius 3 is 2.27 bits per heavy atom. The average molecular weight is 526 g/mol. The van der Waals surface area contributed by atoms with Crippen LogP contribution in [0.3, 0.4) is 0 Å². The molecular formula is C27H29BrN2O2S. The summed E-state index contributed by atoms with van der Waals surface area (Å²) in [5.41, 5.74) is 4.33. The number of aryl methyl sites for hydroxylation is 1. The first-order valence-electron chi connectivity index (χ1n) is 11.2. The van der Waals surface area contributed by atoms with E-state index in [0.29, 0.717) is 22.0 Å². The molecule has 1 heterocycles. The van der Waals surface area contributed by atoms with Gasteiger partial charge in [0.2, 0.25) is 0 Å². The van der Waals surface area contributed by atoms with E-state index in [1.807, 2.05) is 43.3 Å². The van der Waals surface area contributed by atoms with Gasteiger partial charge in [-0.15, -0.1) is 11.3 Å². The molecule has 33 heavy (non-hydrogen) atoms. The Hall–Kier alpha value is -2.44. The topological polar surface area (TPSA) is 58.2 Å². The first kappa shape index (κ1) is 23.7. The molecule has 0 bridgehead atoms. The number of amides is 2. The lowest BCUT2D eigenvalue weighted by molar-refractivity contribution is 0.102. The molecule has 172 valence electrons. The molecule has 2 amide bonds. The highest BCUT2D eigenvalue weighted by atomic mass is 79.9. The first-order chi connectivity index (χ1) is 15.6.